The van der Waals surface area contributed by atoms with Gasteiger partial charge in [-0.05, 0) is 118 Å². The minimum Gasteiger partial charge on any atom is -0.488 e. The van der Waals surface area contributed by atoms with Gasteiger partial charge in [0, 0.05) is 25.8 Å². The van der Waals surface area contributed by atoms with Crippen LogP contribution in [-0.2, 0) is 6.61 Å². The Kier molecular flexibility index (Phi) is 9.45. The van der Waals surface area contributed by atoms with E-state index in [1.807, 2.05) is 47.8 Å². The van der Waals surface area contributed by atoms with Crippen molar-refractivity contribution in [3.63, 3.8) is 0 Å². The smallest absolute Gasteiger partial charge is 0.271 e. The third-order valence-electron chi connectivity index (χ3n) is 5.89. The molecule has 0 saturated heterocycles. The molecule has 5 rings (SSSR count). The molecule has 1 heterocycles. The van der Waals surface area contributed by atoms with Gasteiger partial charge in [0.15, 0.2) is 5.13 Å². The van der Waals surface area contributed by atoms with Crippen molar-refractivity contribution in [3.05, 3.63) is 126 Å². The third kappa shape index (κ3) is 7.67. The number of hydrogen-bond donors (Lipinski definition) is 2. The van der Waals surface area contributed by atoms with Crippen LogP contribution < -0.4 is 15.5 Å². The topological polar surface area (TPSA) is 75.6 Å². The van der Waals surface area contributed by atoms with Crippen LogP contribution in [0.4, 0.5) is 10.8 Å². The number of hydrazone groups is 1. The van der Waals surface area contributed by atoms with Crippen molar-refractivity contribution >= 4 is 79.5 Å². The van der Waals surface area contributed by atoms with E-state index < -0.39 is 0 Å². The van der Waals surface area contributed by atoms with Crippen molar-refractivity contribution in [2.45, 2.75) is 13.5 Å². The second-order valence-corrected chi connectivity index (χ2v) is 12.2. The molecule has 0 fully saturated rings. The number of nitrogens with zero attached hydrogens (tertiary/aromatic N) is 2. The summed E-state index contributed by atoms with van der Waals surface area (Å²) >= 11 is 6.06. The molecule has 5 aromatic rings. The molecule has 0 saturated carbocycles. The molecular weight excluding hydrogens is 746 g/mol. The lowest BCUT2D eigenvalue weighted by Gasteiger charge is -2.09. The van der Waals surface area contributed by atoms with Crippen LogP contribution in [0.15, 0.2) is 101 Å². The van der Waals surface area contributed by atoms with E-state index in [2.05, 4.69) is 109 Å². The van der Waals surface area contributed by atoms with Crippen molar-refractivity contribution in [2.75, 3.05) is 5.32 Å². The fourth-order valence-corrected chi connectivity index (χ4v) is 5.50. The van der Waals surface area contributed by atoms with Gasteiger partial charge in [-0.1, -0.05) is 42.0 Å². The first-order chi connectivity index (χ1) is 19.4. The van der Waals surface area contributed by atoms with Gasteiger partial charge in [0.25, 0.3) is 5.91 Å². The normalized spacial score (nSPS) is 11.0. The molecule has 0 spiro atoms. The molecule has 1 amide bonds. The summed E-state index contributed by atoms with van der Waals surface area (Å²) in [5, 5.41) is 10.3. The number of ether oxygens (including phenoxy) is 1. The molecule has 0 aliphatic rings. The lowest BCUT2D eigenvalue weighted by molar-refractivity contribution is 0.0955. The highest BCUT2D eigenvalue weighted by Crippen LogP contribution is 2.28. The van der Waals surface area contributed by atoms with Crippen molar-refractivity contribution in [3.8, 4) is 17.0 Å². The van der Waals surface area contributed by atoms with Crippen LogP contribution in [0.5, 0.6) is 5.75 Å². The van der Waals surface area contributed by atoms with Crippen molar-refractivity contribution < 1.29 is 9.53 Å². The minimum atomic E-state index is -0.282. The van der Waals surface area contributed by atoms with E-state index in [9.17, 15) is 4.79 Å². The third-order valence-corrected chi connectivity index (χ3v) is 8.21. The van der Waals surface area contributed by atoms with Crippen LogP contribution in [0.25, 0.3) is 11.3 Å². The van der Waals surface area contributed by atoms with Gasteiger partial charge in [0.05, 0.1) is 15.5 Å². The second kappa shape index (κ2) is 13.4. The standard InChI is InChI=1S/C31H24I2N4O2S/c1-20-2-13-26(14-3-20)35-31-36-28(19-40-31)23-7-9-24(10-8-23)30(38)37-34-17-22-6-15-29(27(33)16-22)39-18-21-4-11-25(32)12-5-21/h2-17,19H,18H2,1H3,(H,35,36)(H,37,38)/b34-17-. The molecule has 0 bridgehead atoms. The summed E-state index contributed by atoms with van der Waals surface area (Å²) < 4.78 is 8.12. The number of amides is 1. The summed E-state index contributed by atoms with van der Waals surface area (Å²) in [5.41, 5.74) is 9.09. The molecule has 2 N–H and O–H groups in total. The zero-order valence-electron chi connectivity index (χ0n) is 21.4. The van der Waals surface area contributed by atoms with Crippen LogP contribution in [0.1, 0.15) is 27.0 Å². The van der Waals surface area contributed by atoms with Gasteiger partial charge < -0.3 is 10.1 Å². The van der Waals surface area contributed by atoms with E-state index in [0.29, 0.717) is 12.2 Å². The quantitative estimate of drug-likeness (QED) is 0.0898. The summed E-state index contributed by atoms with van der Waals surface area (Å²) in [6.45, 7) is 2.56. The van der Waals surface area contributed by atoms with E-state index >= 15 is 0 Å². The number of halogens is 2. The number of rotatable bonds is 9. The number of nitrogens with one attached hydrogen (secondary N) is 2. The molecular formula is C31H24I2N4O2S. The first kappa shape index (κ1) is 28.2. The number of carbonyl (C=O) groups excluding carboxylic acids is 1. The van der Waals surface area contributed by atoms with E-state index in [-0.39, 0.29) is 5.91 Å². The Morgan fingerprint density at radius 3 is 2.45 bits per heavy atom. The van der Waals surface area contributed by atoms with Crippen molar-refractivity contribution in [1.29, 1.82) is 0 Å². The monoisotopic (exact) mass is 770 g/mol. The zero-order valence-corrected chi connectivity index (χ0v) is 26.5. The molecule has 1 aromatic heterocycles. The molecule has 200 valence electrons. The zero-order chi connectivity index (χ0) is 27.9. The summed E-state index contributed by atoms with van der Waals surface area (Å²) in [6, 6.07) is 29.5. The Bertz CT molecular complexity index is 1630. The fourth-order valence-electron chi connectivity index (χ4n) is 3.70. The average molecular weight is 770 g/mol. The number of benzene rings is 4. The molecule has 0 radical (unpaired) electrons. The van der Waals surface area contributed by atoms with Gasteiger partial charge in [-0.25, -0.2) is 10.4 Å². The largest absolute Gasteiger partial charge is 0.488 e. The molecule has 6 nitrogen and oxygen atoms in total. The molecule has 0 aliphatic heterocycles. The molecule has 0 unspecified atom stereocenters. The Labute approximate surface area is 264 Å². The lowest BCUT2D eigenvalue weighted by atomic mass is 10.1. The van der Waals surface area contributed by atoms with Crippen molar-refractivity contribution in [2.24, 2.45) is 5.10 Å². The molecule has 40 heavy (non-hydrogen) atoms. The van der Waals surface area contributed by atoms with Gasteiger partial charge in [0.2, 0.25) is 0 Å². The number of thiazole rings is 1. The average Bonchev–Trinajstić information content (AvgIpc) is 3.43. The van der Waals surface area contributed by atoms with Crippen LogP contribution in [0.3, 0.4) is 0 Å². The highest BCUT2D eigenvalue weighted by molar-refractivity contribution is 14.1. The summed E-state index contributed by atoms with van der Waals surface area (Å²) in [5.74, 6) is 0.522. The number of aromatic nitrogens is 1. The number of carbonyl (C=O) groups is 1. The van der Waals surface area contributed by atoms with Crippen LogP contribution in [0, 0.1) is 14.1 Å². The highest BCUT2D eigenvalue weighted by Gasteiger charge is 2.09. The van der Waals surface area contributed by atoms with Gasteiger partial charge >= 0.3 is 0 Å². The van der Waals surface area contributed by atoms with E-state index in [0.717, 1.165) is 42.5 Å². The minimum absolute atomic E-state index is 0.282. The van der Waals surface area contributed by atoms with Crippen LogP contribution in [-0.4, -0.2) is 17.1 Å². The molecule has 9 heteroatoms. The van der Waals surface area contributed by atoms with Gasteiger partial charge in [0.1, 0.15) is 12.4 Å². The number of aryl methyl sites for hydroxylation is 1. The Balaban J connectivity index is 1.14. The maximum atomic E-state index is 12.6. The predicted molar refractivity (Wildman–Crippen MR) is 180 cm³/mol. The van der Waals surface area contributed by atoms with E-state index in [1.165, 1.54) is 20.5 Å². The highest BCUT2D eigenvalue weighted by atomic mass is 127. The number of anilines is 2. The first-order valence-corrected chi connectivity index (χ1v) is 15.4. The van der Waals surface area contributed by atoms with Gasteiger partial charge in [-0.3, -0.25) is 4.79 Å². The Morgan fingerprint density at radius 2 is 1.73 bits per heavy atom. The van der Waals surface area contributed by atoms with Crippen LogP contribution in [0.2, 0.25) is 0 Å². The van der Waals surface area contributed by atoms with E-state index in [4.69, 9.17) is 4.74 Å². The molecule has 4 aromatic carbocycles. The van der Waals surface area contributed by atoms with Gasteiger partial charge in [-0.2, -0.15) is 5.10 Å². The number of hydrogen-bond acceptors (Lipinski definition) is 6. The molecule has 0 aliphatic carbocycles. The summed E-state index contributed by atoms with van der Waals surface area (Å²) in [6.07, 6.45) is 1.62. The lowest BCUT2D eigenvalue weighted by Crippen LogP contribution is -2.17. The molecule has 0 atom stereocenters. The fraction of sp³-hybridized carbons (Fsp3) is 0.0645. The Morgan fingerprint density at radius 1 is 0.975 bits per heavy atom. The SMILES string of the molecule is Cc1ccc(Nc2nc(-c3ccc(C(=O)N/N=C\c4ccc(OCc5ccc(I)cc5)c(I)c4)cc3)cs2)cc1. The maximum absolute atomic E-state index is 12.6. The van der Waals surface area contributed by atoms with E-state index in [1.54, 1.807) is 18.3 Å². The summed E-state index contributed by atoms with van der Waals surface area (Å²) in [7, 11) is 0. The predicted octanol–water partition coefficient (Wildman–Crippen LogP) is 8.41. The maximum Gasteiger partial charge on any atom is 0.271 e. The Hall–Kier alpha value is -3.29. The summed E-state index contributed by atoms with van der Waals surface area (Å²) in [4.78, 5) is 17.3. The van der Waals surface area contributed by atoms with Gasteiger partial charge in [-0.15, -0.1) is 11.3 Å². The second-order valence-electron chi connectivity index (χ2n) is 8.91. The first-order valence-electron chi connectivity index (χ1n) is 12.3. The van der Waals surface area contributed by atoms with Crippen molar-refractivity contribution in [1.82, 2.24) is 10.4 Å². The van der Waals surface area contributed by atoms with Crippen LogP contribution >= 0.6 is 56.5 Å².